The number of carbonyl (C=O) groups is 1. The number of nitrogens with zero attached hydrogens (tertiary/aromatic N) is 1. The van der Waals surface area contributed by atoms with E-state index in [1.165, 1.54) is 12.1 Å². The van der Waals surface area contributed by atoms with Crippen molar-refractivity contribution in [3.63, 3.8) is 0 Å². The molecule has 0 saturated carbocycles. The van der Waals surface area contributed by atoms with Gasteiger partial charge in [0.2, 0.25) is 5.91 Å². The van der Waals surface area contributed by atoms with Crippen molar-refractivity contribution in [3.05, 3.63) is 57.9 Å². The molecule has 3 rings (SSSR count). The molecule has 0 aliphatic carbocycles. The standard InChI is InChI=1S/C25H31F3N2O/c1-6-18-21(27)24(30-11-10-15-12-17(26)9-8-16(15)14-30)22(28)19(7-2)23(18)29-20(31)13-25(3,4)5/h8-9,12H,6-7,10-11,13-14H2,1-5H3,(H,29,31). The lowest BCUT2D eigenvalue weighted by atomic mass is 9.91. The Morgan fingerprint density at radius 1 is 1.03 bits per heavy atom. The molecule has 0 aromatic heterocycles. The molecular formula is C25H31F3N2O. The number of hydrogen-bond donors (Lipinski definition) is 1. The summed E-state index contributed by atoms with van der Waals surface area (Å²) in [6.07, 6.45) is 1.42. The predicted molar refractivity (Wildman–Crippen MR) is 119 cm³/mol. The third-order valence-electron chi connectivity index (χ3n) is 5.71. The second-order valence-corrected chi connectivity index (χ2v) is 9.39. The van der Waals surface area contributed by atoms with Crippen LogP contribution in [0.4, 0.5) is 24.5 Å². The molecule has 2 aromatic rings. The monoisotopic (exact) mass is 432 g/mol. The first-order chi connectivity index (χ1) is 14.6. The Bertz CT molecular complexity index is 964. The third kappa shape index (κ3) is 4.89. The van der Waals surface area contributed by atoms with Gasteiger partial charge < -0.3 is 10.2 Å². The quantitative estimate of drug-likeness (QED) is 0.613. The van der Waals surface area contributed by atoms with Gasteiger partial charge in [-0.05, 0) is 47.9 Å². The number of halogens is 3. The topological polar surface area (TPSA) is 32.3 Å². The van der Waals surface area contributed by atoms with Gasteiger partial charge in [-0.15, -0.1) is 0 Å². The molecule has 0 radical (unpaired) electrons. The molecule has 168 valence electrons. The molecule has 1 N–H and O–H groups in total. The molecule has 6 heteroatoms. The number of fused-ring (bicyclic) bond motifs is 1. The maximum absolute atomic E-state index is 15.6. The van der Waals surface area contributed by atoms with Crippen molar-refractivity contribution in [2.45, 2.75) is 66.8 Å². The smallest absolute Gasteiger partial charge is 0.224 e. The summed E-state index contributed by atoms with van der Waals surface area (Å²) in [6.45, 7) is 10.1. The van der Waals surface area contributed by atoms with Crippen LogP contribution >= 0.6 is 0 Å². The third-order valence-corrected chi connectivity index (χ3v) is 5.71. The van der Waals surface area contributed by atoms with E-state index in [0.717, 1.165) is 11.1 Å². The lowest BCUT2D eigenvalue weighted by Gasteiger charge is -2.33. The fraction of sp³-hybridized carbons (Fsp3) is 0.480. The van der Waals surface area contributed by atoms with Gasteiger partial charge in [0, 0.05) is 30.6 Å². The Hall–Kier alpha value is -2.50. The lowest BCUT2D eigenvalue weighted by molar-refractivity contribution is -0.117. The van der Waals surface area contributed by atoms with E-state index in [4.69, 9.17) is 0 Å². The van der Waals surface area contributed by atoms with Crippen molar-refractivity contribution < 1.29 is 18.0 Å². The largest absolute Gasteiger partial charge is 0.362 e. The molecule has 2 aromatic carbocycles. The van der Waals surface area contributed by atoms with Crippen molar-refractivity contribution >= 4 is 17.3 Å². The highest BCUT2D eigenvalue weighted by Gasteiger charge is 2.29. The van der Waals surface area contributed by atoms with E-state index in [1.807, 2.05) is 20.8 Å². The molecule has 0 bridgehead atoms. The maximum Gasteiger partial charge on any atom is 0.224 e. The van der Waals surface area contributed by atoms with E-state index in [0.29, 0.717) is 43.5 Å². The van der Waals surface area contributed by atoms with Gasteiger partial charge in [0.05, 0.1) is 5.69 Å². The summed E-state index contributed by atoms with van der Waals surface area (Å²) >= 11 is 0. The Labute approximate surface area is 182 Å². The van der Waals surface area contributed by atoms with Gasteiger partial charge in [-0.1, -0.05) is 40.7 Å². The molecule has 0 saturated heterocycles. The van der Waals surface area contributed by atoms with E-state index in [2.05, 4.69) is 5.32 Å². The number of anilines is 2. The van der Waals surface area contributed by atoms with Crippen molar-refractivity contribution in [1.29, 1.82) is 0 Å². The Kier molecular flexibility index (Phi) is 6.68. The van der Waals surface area contributed by atoms with Crippen LogP contribution in [0.25, 0.3) is 0 Å². The van der Waals surface area contributed by atoms with Crippen LogP contribution in [0.1, 0.15) is 63.3 Å². The van der Waals surface area contributed by atoms with E-state index in [9.17, 15) is 9.18 Å². The number of benzene rings is 2. The molecule has 0 fully saturated rings. The number of rotatable bonds is 5. The second kappa shape index (κ2) is 8.93. The molecular weight excluding hydrogens is 401 g/mol. The molecule has 1 aliphatic rings. The van der Waals surface area contributed by atoms with Crippen LogP contribution in [-0.4, -0.2) is 12.5 Å². The number of hydrogen-bond acceptors (Lipinski definition) is 2. The molecule has 31 heavy (non-hydrogen) atoms. The van der Waals surface area contributed by atoms with Crippen LogP contribution in [0.2, 0.25) is 0 Å². The van der Waals surface area contributed by atoms with E-state index in [-0.39, 0.29) is 34.9 Å². The normalized spacial score (nSPS) is 13.9. The number of carbonyl (C=O) groups excluding carboxylic acids is 1. The van der Waals surface area contributed by atoms with Crippen LogP contribution < -0.4 is 10.2 Å². The first-order valence-corrected chi connectivity index (χ1v) is 10.9. The minimum absolute atomic E-state index is 0.0579. The molecule has 1 amide bonds. The van der Waals surface area contributed by atoms with Gasteiger partial charge in [-0.25, -0.2) is 13.2 Å². The zero-order chi connectivity index (χ0) is 22.9. The van der Waals surface area contributed by atoms with Crippen LogP contribution in [0, 0.1) is 22.9 Å². The predicted octanol–water partition coefficient (Wildman–Crippen LogP) is 6.17. The Morgan fingerprint density at radius 3 is 2.19 bits per heavy atom. The van der Waals surface area contributed by atoms with Gasteiger partial charge in [-0.3, -0.25) is 4.79 Å². The van der Waals surface area contributed by atoms with Crippen molar-refractivity contribution in [2.75, 3.05) is 16.8 Å². The first kappa shape index (κ1) is 23.2. The van der Waals surface area contributed by atoms with Crippen LogP contribution in [0.15, 0.2) is 18.2 Å². The van der Waals surface area contributed by atoms with Gasteiger partial charge in [0.1, 0.15) is 11.5 Å². The minimum atomic E-state index is -0.631. The van der Waals surface area contributed by atoms with Crippen molar-refractivity contribution in [3.8, 4) is 0 Å². The molecule has 0 unspecified atom stereocenters. The first-order valence-electron chi connectivity index (χ1n) is 10.9. The van der Waals surface area contributed by atoms with Gasteiger partial charge in [-0.2, -0.15) is 0 Å². The zero-order valence-electron chi connectivity index (χ0n) is 19.0. The summed E-state index contributed by atoms with van der Waals surface area (Å²) in [7, 11) is 0. The summed E-state index contributed by atoms with van der Waals surface area (Å²) in [5.41, 5.74) is 2.34. The highest BCUT2D eigenvalue weighted by Crippen LogP contribution is 2.39. The fourth-order valence-electron chi connectivity index (χ4n) is 4.25. The molecule has 0 atom stereocenters. The summed E-state index contributed by atoms with van der Waals surface area (Å²) in [4.78, 5) is 14.2. The maximum atomic E-state index is 15.6. The molecule has 0 spiro atoms. The SMILES string of the molecule is CCc1c(F)c(N2CCc3cc(F)ccc3C2)c(F)c(CC)c1NC(=O)CC(C)(C)C. The second-order valence-electron chi connectivity index (χ2n) is 9.39. The van der Waals surface area contributed by atoms with Crippen LogP contribution in [0.3, 0.4) is 0 Å². The molecule has 1 heterocycles. The van der Waals surface area contributed by atoms with E-state index >= 15 is 8.78 Å². The van der Waals surface area contributed by atoms with Gasteiger partial charge in [0.25, 0.3) is 0 Å². The molecule has 3 nitrogen and oxygen atoms in total. The highest BCUT2D eigenvalue weighted by atomic mass is 19.1. The Morgan fingerprint density at radius 2 is 1.65 bits per heavy atom. The van der Waals surface area contributed by atoms with Gasteiger partial charge >= 0.3 is 0 Å². The van der Waals surface area contributed by atoms with Crippen molar-refractivity contribution in [2.24, 2.45) is 5.41 Å². The van der Waals surface area contributed by atoms with Crippen molar-refractivity contribution in [1.82, 2.24) is 0 Å². The average molecular weight is 433 g/mol. The lowest BCUT2D eigenvalue weighted by Crippen LogP contribution is -2.33. The Balaban J connectivity index is 2.03. The fourth-order valence-corrected chi connectivity index (χ4v) is 4.25. The summed E-state index contributed by atoms with van der Waals surface area (Å²) in [5.74, 6) is -1.82. The van der Waals surface area contributed by atoms with E-state index < -0.39 is 11.6 Å². The number of nitrogens with one attached hydrogen (secondary N) is 1. The highest BCUT2D eigenvalue weighted by molar-refractivity contribution is 5.93. The van der Waals surface area contributed by atoms with Crippen LogP contribution in [0.5, 0.6) is 0 Å². The average Bonchev–Trinajstić information content (AvgIpc) is 2.67. The summed E-state index contributed by atoms with van der Waals surface area (Å²) in [5, 5.41) is 2.79. The van der Waals surface area contributed by atoms with Crippen LogP contribution in [-0.2, 0) is 30.6 Å². The molecule has 1 aliphatic heterocycles. The summed E-state index contributed by atoms with van der Waals surface area (Å²) < 4.78 is 44.8. The summed E-state index contributed by atoms with van der Waals surface area (Å²) in [6, 6.07) is 4.54. The van der Waals surface area contributed by atoms with Gasteiger partial charge in [0.15, 0.2) is 11.6 Å². The van der Waals surface area contributed by atoms with E-state index in [1.54, 1.807) is 24.8 Å². The number of amides is 1. The zero-order valence-corrected chi connectivity index (χ0v) is 19.0. The minimum Gasteiger partial charge on any atom is -0.362 e.